The van der Waals surface area contributed by atoms with E-state index >= 15 is 0 Å². The Morgan fingerprint density at radius 2 is 1.85 bits per heavy atom. The molecule has 1 aromatic carbocycles. The number of fused-ring (bicyclic) bond motifs is 1. The van der Waals surface area contributed by atoms with Crippen LogP contribution < -0.4 is 4.74 Å². The lowest BCUT2D eigenvalue weighted by Crippen LogP contribution is -2.59. The Kier molecular flexibility index (Phi) is 6.93. The molecule has 2 saturated heterocycles. The summed E-state index contributed by atoms with van der Waals surface area (Å²) in [5.74, 6) is 1.81. The third-order valence-corrected chi connectivity index (χ3v) is 6.48. The van der Waals surface area contributed by atoms with Gasteiger partial charge < -0.3 is 9.47 Å². The zero-order valence-electron chi connectivity index (χ0n) is 16.4. The van der Waals surface area contributed by atoms with Gasteiger partial charge in [-0.2, -0.15) is 0 Å². The van der Waals surface area contributed by atoms with Crippen LogP contribution in [0, 0.1) is 11.8 Å². The quantitative estimate of drug-likeness (QED) is 0.618. The number of piperidine rings is 1. The summed E-state index contributed by atoms with van der Waals surface area (Å²) >= 11 is 5.48. The fourth-order valence-corrected chi connectivity index (χ4v) is 5.47. The Hall–Kier alpha value is -1.13. The van der Waals surface area contributed by atoms with Gasteiger partial charge in [-0.05, 0) is 50.8 Å². The van der Waals surface area contributed by atoms with Crippen molar-refractivity contribution in [3.8, 4) is 5.75 Å². The minimum Gasteiger partial charge on any atom is -0.453 e. The van der Waals surface area contributed by atoms with E-state index in [1.807, 2.05) is 30.3 Å². The van der Waals surface area contributed by atoms with E-state index in [1.165, 1.54) is 32.2 Å². The van der Waals surface area contributed by atoms with Crippen molar-refractivity contribution < 1.29 is 9.47 Å². The molecule has 0 saturated carbocycles. The van der Waals surface area contributed by atoms with Crippen LogP contribution in [0.1, 0.15) is 59.3 Å². The second-order valence-corrected chi connectivity index (χ2v) is 8.03. The van der Waals surface area contributed by atoms with Gasteiger partial charge in [-0.15, -0.1) is 0 Å². The van der Waals surface area contributed by atoms with Gasteiger partial charge in [-0.3, -0.25) is 4.90 Å². The van der Waals surface area contributed by atoms with Crippen LogP contribution in [0.4, 0.5) is 0 Å². The largest absolute Gasteiger partial charge is 0.453 e. The molecule has 0 N–H and O–H groups in total. The Labute approximate surface area is 164 Å². The first-order chi connectivity index (χ1) is 12.7. The first kappa shape index (κ1) is 19.6. The molecule has 0 unspecified atom stereocenters. The smallest absolute Gasteiger partial charge is 0.358 e. The number of rotatable bonds is 6. The molecule has 1 aromatic rings. The Balaban J connectivity index is 1.78. The topological polar surface area (TPSA) is 21.7 Å². The molecule has 0 spiro atoms. The third kappa shape index (κ3) is 4.07. The van der Waals surface area contributed by atoms with Crippen LogP contribution >= 0.6 is 12.2 Å². The summed E-state index contributed by atoms with van der Waals surface area (Å²) in [5.41, 5.74) is 0. The van der Waals surface area contributed by atoms with E-state index in [4.69, 9.17) is 21.7 Å². The highest BCUT2D eigenvalue weighted by Crippen LogP contribution is 2.44. The summed E-state index contributed by atoms with van der Waals surface area (Å²) in [6.07, 6.45) is 7.50. The summed E-state index contributed by atoms with van der Waals surface area (Å²) in [6.45, 7) is 8.14. The number of benzene rings is 1. The first-order valence-electron chi connectivity index (χ1n) is 10.4. The third-order valence-electron chi connectivity index (χ3n) is 6.30. The predicted octanol–water partition coefficient (Wildman–Crippen LogP) is 5.43. The minimum absolute atomic E-state index is 0.164. The van der Waals surface area contributed by atoms with Gasteiger partial charge in [0.1, 0.15) is 11.9 Å². The maximum atomic E-state index is 6.37. The van der Waals surface area contributed by atoms with E-state index in [2.05, 4.69) is 25.7 Å². The van der Waals surface area contributed by atoms with E-state index < -0.39 is 0 Å². The van der Waals surface area contributed by atoms with Crippen LogP contribution in [0.2, 0.25) is 0 Å². The molecule has 5 atom stereocenters. The lowest BCUT2D eigenvalue weighted by Gasteiger charge is -2.51. The van der Waals surface area contributed by atoms with E-state index in [0.29, 0.717) is 23.9 Å². The molecular formula is C22H33NO2S. The SMILES string of the molecule is CCC[C@@H]1[C@H](CC)[C@H](OC(=S)Oc2ccccc2)[C@@H](CC)[C@@H]2CCCN12. The molecular weight excluding hydrogens is 342 g/mol. The first-order valence-corrected chi connectivity index (χ1v) is 10.8. The average Bonchev–Trinajstić information content (AvgIpc) is 3.12. The van der Waals surface area contributed by atoms with Crippen molar-refractivity contribution in [1.29, 1.82) is 0 Å². The van der Waals surface area contributed by atoms with Gasteiger partial charge in [-0.1, -0.05) is 45.4 Å². The molecule has 0 bridgehead atoms. The summed E-state index contributed by atoms with van der Waals surface area (Å²) in [4.78, 5) is 2.80. The molecule has 0 radical (unpaired) electrons. The van der Waals surface area contributed by atoms with Gasteiger partial charge in [0.25, 0.3) is 0 Å². The van der Waals surface area contributed by atoms with Gasteiger partial charge in [0, 0.05) is 36.1 Å². The lowest BCUT2D eigenvalue weighted by molar-refractivity contribution is -0.0814. The monoisotopic (exact) mass is 375 g/mol. The van der Waals surface area contributed by atoms with Crippen molar-refractivity contribution in [2.24, 2.45) is 11.8 Å². The van der Waals surface area contributed by atoms with Crippen molar-refractivity contribution in [3.05, 3.63) is 30.3 Å². The second kappa shape index (κ2) is 9.18. The van der Waals surface area contributed by atoms with Gasteiger partial charge in [0.2, 0.25) is 0 Å². The molecule has 0 aromatic heterocycles. The van der Waals surface area contributed by atoms with Crippen molar-refractivity contribution in [2.75, 3.05) is 6.54 Å². The number of thiocarbonyl (C=S) groups is 1. The molecule has 2 aliphatic heterocycles. The highest BCUT2D eigenvalue weighted by Gasteiger charge is 2.50. The lowest BCUT2D eigenvalue weighted by atomic mass is 9.72. The summed E-state index contributed by atoms with van der Waals surface area (Å²) in [7, 11) is 0. The normalized spacial score (nSPS) is 31.4. The Bertz CT molecular complexity index is 579. The van der Waals surface area contributed by atoms with Gasteiger partial charge in [0.15, 0.2) is 0 Å². The fraction of sp³-hybridized carbons (Fsp3) is 0.682. The van der Waals surface area contributed by atoms with E-state index in [-0.39, 0.29) is 11.3 Å². The Morgan fingerprint density at radius 3 is 2.50 bits per heavy atom. The van der Waals surface area contributed by atoms with Crippen LogP contribution in [0.15, 0.2) is 30.3 Å². The summed E-state index contributed by atoms with van der Waals surface area (Å²) in [6, 6.07) is 11.0. The molecule has 2 heterocycles. The van der Waals surface area contributed by atoms with Crippen molar-refractivity contribution in [3.63, 3.8) is 0 Å². The van der Waals surface area contributed by atoms with Crippen LogP contribution in [0.3, 0.4) is 0 Å². The van der Waals surface area contributed by atoms with E-state index in [9.17, 15) is 0 Å². The van der Waals surface area contributed by atoms with Crippen LogP contribution in [0.25, 0.3) is 0 Å². The standard InChI is InChI=1S/C22H33NO2S/c1-4-11-19-17(5-2)21(18(6-3)20-14-10-15-23(19)20)25-22(26)24-16-12-8-7-9-13-16/h7-9,12-13,17-21H,4-6,10-11,14-15H2,1-3H3/t17-,18-,19+,20-,21-/m0/s1. The minimum atomic E-state index is 0.164. The fourth-order valence-electron chi connectivity index (χ4n) is 5.27. The van der Waals surface area contributed by atoms with E-state index in [0.717, 1.165) is 18.6 Å². The highest BCUT2D eigenvalue weighted by atomic mass is 32.1. The zero-order valence-corrected chi connectivity index (χ0v) is 17.2. The van der Waals surface area contributed by atoms with E-state index in [1.54, 1.807) is 0 Å². The molecule has 3 rings (SSSR count). The van der Waals surface area contributed by atoms with Crippen LogP contribution in [-0.4, -0.2) is 34.9 Å². The summed E-state index contributed by atoms with van der Waals surface area (Å²) in [5, 5.41) is 0.278. The van der Waals surface area contributed by atoms with Crippen molar-refractivity contribution in [2.45, 2.75) is 77.5 Å². The maximum absolute atomic E-state index is 6.37. The van der Waals surface area contributed by atoms with Gasteiger partial charge in [0.05, 0.1) is 0 Å². The molecule has 2 aliphatic rings. The number of para-hydroxylation sites is 1. The molecule has 2 fully saturated rings. The van der Waals surface area contributed by atoms with Crippen LogP contribution in [-0.2, 0) is 4.74 Å². The maximum Gasteiger partial charge on any atom is 0.358 e. The highest BCUT2D eigenvalue weighted by molar-refractivity contribution is 7.79. The molecule has 3 nitrogen and oxygen atoms in total. The van der Waals surface area contributed by atoms with Crippen LogP contribution in [0.5, 0.6) is 5.75 Å². The molecule has 144 valence electrons. The number of ether oxygens (including phenoxy) is 2. The van der Waals surface area contributed by atoms with Gasteiger partial charge >= 0.3 is 5.24 Å². The van der Waals surface area contributed by atoms with Crippen molar-refractivity contribution in [1.82, 2.24) is 4.90 Å². The molecule has 26 heavy (non-hydrogen) atoms. The number of hydrogen-bond acceptors (Lipinski definition) is 4. The van der Waals surface area contributed by atoms with Gasteiger partial charge in [-0.25, -0.2) is 0 Å². The summed E-state index contributed by atoms with van der Waals surface area (Å²) < 4.78 is 12.2. The predicted molar refractivity (Wildman–Crippen MR) is 111 cm³/mol. The number of nitrogens with zero attached hydrogens (tertiary/aromatic N) is 1. The molecule has 4 heteroatoms. The average molecular weight is 376 g/mol. The van der Waals surface area contributed by atoms with Crippen molar-refractivity contribution >= 4 is 17.5 Å². The second-order valence-electron chi connectivity index (χ2n) is 7.70. The number of hydrogen-bond donors (Lipinski definition) is 0. The molecule has 0 amide bonds. The zero-order chi connectivity index (χ0) is 18.5. The Morgan fingerprint density at radius 1 is 1.12 bits per heavy atom. The molecule has 0 aliphatic carbocycles.